The first-order valence-electron chi connectivity index (χ1n) is 7.67. The molecule has 0 spiro atoms. The van der Waals surface area contributed by atoms with Crippen LogP contribution < -0.4 is 14.9 Å². The number of ether oxygens (including phenoxy) is 2. The molecular formula is C18H21IN2O2. The second-order valence-corrected chi connectivity index (χ2v) is 6.01. The molecule has 0 unspecified atom stereocenters. The molecule has 0 saturated heterocycles. The standard InChI is InChI=1S/C18H21IN2O2/c1-3-10-23-18-16(19)11-14(12-17(18)22-4-2)13-20-21-15-8-6-5-7-9-15/h5-9,11-13,21H,3-4,10H2,1-2H3/b20-13+. The van der Waals surface area contributed by atoms with Crippen LogP contribution in [0.2, 0.25) is 0 Å². The van der Waals surface area contributed by atoms with Gasteiger partial charge in [0.25, 0.3) is 0 Å². The Hall–Kier alpha value is -1.76. The molecule has 0 aliphatic carbocycles. The van der Waals surface area contributed by atoms with Gasteiger partial charge < -0.3 is 9.47 Å². The van der Waals surface area contributed by atoms with Crippen molar-refractivity contribution in [1.29, 1.82) is 0 Å². The predicted octanol–water partition coefficient (Wildman–Crippen LogP) is 4.92. The van der Waals surface area contributed by atoms with Gasteiger partial charge in [-0.15, -0.1) is 0 Å². The molecule has 0 aromatic heterocycles. The minimum atomic E-state index is 0.599. The van der Waals surface area contributed by atoms with E-state index >= 15 is 0 Å². The normalized spacial score (nSPS) is 10.7. The molecule has 2 aromatic rings. The first kappa shape index (κ1) is 17.6. The molecule has 0 amide bonds. The van der Waals surface area contributed by atoms with Gasteiger partial charge >= 0.3 is 0 Å². The van der Waals surface area contributed by atoms with E-state index in [4.69, 9.17) is 9.47 Å². The maximum absolute atomic E-state index is 5.81. The highest BCUT2D eigenvalue weighted by Gasteiger charge is 2.11. The zero-order valence-corrected chi connectivity index (χ0v) is 15.5. The lowest BCUT2D eigenvalue weighted by Gasteiger charge is -2.14. The van der Waals surface area contributed by atoms with Crippen molar-refractivity contribution < 1.29 is 9.47 Å². The molecule has 0 radical (unpaired) electrons. The van der Waals surface area contributed by atoms with E-state index in [0.717, 1.165) is 32.7 Å². The van der Waals surface area contributed by atoms with Gasteiger partial charge in [-0.05, 0) is 65.8 Å². The van der Waals surface area contributed by atoms with E-state index in [2.05, 4.69) is 40.0 Å². The van der Waals surface area contributed by atoms with Crippen LogP contribution in [0.5, 0.6) is 11.5 Å². The predicted molar refractivity (Wildman–Crippen MR) is 104 cm³/mol. The second kappa shape index (κ2) is 9.39. The topological polar surface area (TPSA) is 42.8 Å². The molecule has 2 aromatic carbocycles. The van der Waals surface area contributed by atoms with Gasteiger partial charge in [0.15, 0.2) is 11.5 Å². The van der Waals surface area contributed by atoms with E-state index in [9.17, 15) is 0 Å². The van der Waals surface area contributed by atoms with Gasteiger partial charge in [-0.3, -0.25) is 5.43 Å². The zero-order chi connectivity index (χ0) is 16.5. The number of hydrogen-bond donors (Lipinski definition) is 1. The van der Waals surface area contributed by atoms with Crippen molar-refractivity contribution in [2.24, 2.45) is 5.10 Å². The smallest absolute Gasteiger partial charge is 0.174 e. The molecule has 23 heavy (non-hydrogen) atoms. The largest absolute Gasteiger partial charge is 0.490 e. The van der Waals surface area contributed by atoms with Gasteiger partial charge in [-0.2, -0.15) is 5.10 Å². The van der Waals surface area contributed by atoms with Crippen molar-refractivity contribution in [2.75, 3.05) is 18.6 Å². The molecule has 4 nitrogen and oxygen atoms in total. The summed E-state index contributed by atoms with van der Waals surface area (Å²) < 4.78 is 12.5. The SMILES string of the molecule is CCCOc1c(I)cc(/C=N/Nc2ccccc2)cc1OCC. The summed E-state index contributed by atoms with van der Waals surface area (Å²) in [6.45, 7) is 5.33. The number of rotatable bonds is 8. The molecule has 122 valence electrons. The first-order chi connectivity index (χ1) is 11.2. The van der Waals surface area contributed by atoms with Gasteiger partial charge in [0, 0.05) is 0 Å². The fraction of sp³-hybridized carbons (Fsp3) is 0.278. The third kappa shape index (κ3) is 5.42. The number of nitrogens with one attached hydrogen (secondary N) is 1. The lowest BCUT2D eigenvalue weighted by atomic mass is 10.2. The molecule has 0 bridgehead atoms. The molecule has 0 atom stereocenters. The van der Waals surface area contributed by atoms with Gasteiger partial charge in [-0.25, -0.2) is 0 Å². The van der Waals surface area contributed by atoms with Gasteiger partial charge in [0.05, 0.1) is 28.7 Å². The monoisotopic (exact) mass is 424 g/mol. The molecule has 0 heterocycles. The van der Waals surface area contributed by atoms with Crippen LogP contribution in [0.15, 0.2) is 47.6 Å². The van der Waals surface area contributed by atoms with Crippen LogP contribution in [0.25, 0.3) is 0 Å². The average molecular weight is 424 g/mol. The van der Waals surface area contributed by atoms with Crippen LogP contribution in [0.4, 0.5) is 5.69 Å². The maximum Gasteiger partial charge on any atom is 0.174 e. The Balaban J connectivity index is 2.15. The van der Waals surface area contributed by atoms with Crippen molar-refractivity contribution in [3.63, 3.8) is 0 Å². The summed E-state index contributed by atoms with van der Waals surface area (Å²) in [5.41, 5.74) is 4.92. The van der Waals surface area contributed by atoms with Crippen molar-refractivity contribution >= 4 is 34.5 Å². The van der Waals surface area contributed by atoms with Crippen LogP contribution in [0.1, 0.15) is 25.8 Å². The molecular weight excluding hydrogens is 403 g/mol. The van der Waals surface area contributed by atoms with Gasteiger partial charge in [0.2, 0.25) is 0 Å². The Bertz CT molecular complexity index is 645. The highest BCUT2D eigenvalue weighted by molar-refractivity contribution is 14.1. The van der Waals surface area contributed by atoms with E-state index < -0.39 is 0 Å². The van der Waals surface area contributed by atoms with Crippen molar-refractivity contribution in [3.8, 4) is 11.5 Å². The molecule has 0 fully saturated rings. The Morgan fingerprint density at radius 2 is 1.91 bits per heavy atom. The summed E-state index contributed by atoms with van der Waals surface area (Å²) in [7, 11) is 0. The average Bonchev–Trinajstić information content (AvgIpc) is 2.55. The lowest BCUT2D eigenvalue weighted by molar-refractivity contribution is 0.275. The second-order valence-electron chi connectivity index (χ2n) is 4.85. The Labute approximate surface area is 151 Å². The summed E-state index contributed by atoms with van der Waals surface area (Å²) in [6.07, 6.45) is 2.74. The van der Waals surface area contributed by atoms with Gasteiger partial charge in [0.1, 0.15) is 0 Å². The number of anilines is 1. The van der Waals surface area contributed by atoms with E-state index in [1.165, 1.54) is 0 Å². The van der Waals surface area contributed by atoms with Crippen LogP contribution >= 0.6 is 22.6 Å². The van der Waals surface area contributed by atoms with Crippen molar-refractivity contribution in [2.45, 2.75) is 20.3 Å². The van der Waals surface area contributed by atoms with E-state index in [1.54, 1.807) is 6.21 Å². The summed E-state index contributed by atoms with van der Waals surface area (Å²) in [5, 5.41) is 4.27. The summed E-state index contributed by atoms with van der Waals surface area (Å²) in [6, 6.07) is 13.8. The zero-order valence-electron chi connectivity index (χ0n) is 13.4. The quantitative estimate of drug-likeness (QED) is 0.372. The first-order valence-corrected chi connectivity index (χ1v) is 8.75. The minimum absolute atomic E-state index is 0.599. The Kier molecular flexibility index (Phi) is 7.19. The lowest BCUT2D eigenvalue weighted by Crippen LogP contribution is -2.03. The van der Waals surface area contributed by atoms with Crippen LogP contribution in [0.3, 0.4) is 0 Å². The van der Waals surface area contributed by atoms with Crippen LogP contribution in [0, 0.1) is 3.57 Å². The van der Waals surface area contributed by atoms with Gasteiger partial charge in [-0.1, -0.05) is 25.1 Å². The molecule has 1 N–H and O–H groups in total. The van der Waals surface area contributed by atoms with Crippen molar-refractivity contribution in [1.82, 2.24) is 0 Å². The molecule has 5 heteroatoms. The maximum atomic E-state index is 5.81. The third-order valence-electron chi connectivity index (χ3n) is 2.96. The molecule has 0 aliphatic rings. The Morgan fingerprint density at radius 3 is 2.61 bits per heavy atom. The third-order valence-corrected chi connectivity index (χ3v) is 3.76. The summed E-state index contributed by atoms with van der Waals surface area (Å²) >= 11 is 2.27. The van der Waals surface area contributed by atoms with Crippen molar-refractivity contribution in [3.05, 3.63) is 51.6 Å². The van der Waals surface area contributed by atoms with E-state index in [0.29, 0.717) is 13.2 Å². The minimum Gasteiger partial charge on any atom is -0.490 e. The summed E-state index contributed by atoms with van der Waals surface area (Å²) in [5.74, 6) is 1.57. The van der Waals surface area contributed by atoms with E-state index in [1.807, 2.05) is 49.4 Å². The van der Waals surface area contributed by atoms with Crippen LogP contribution in [-0.2, 0) is 0 Å². The van der Waals surface area contributed by atoms with Crippen LogP contribution in [-0.4, -0.2) is 19.4 Å². The highest BCUT2D eigenvalue weighted by Crippen LogP contribution is 2.34. The van der Waals surface area contributed by atoms with E-state index in [-0.39, 0.29) is 0 Å². The highest BCUT2D eigenvalue weighted by atomic mass is 127. The number of hydrogen-bond acceptors (Lipinski definition) is 4. The number of halogens is 1. The molecule has 0 aliphatic heterocycles. The fourth-order valence-electron chi connectivity index (χ4n) is 1.96. The Morgan fingerprint density at radius 1 is 1.13 bits per heavy atom. The number of hydrazone groups is 1. The number of nitrogens with zero attached hydrogens (tertiary/aromatic N) is 1. The summed E-state index contributed by atoms with van der Waals surface area (Å²) in [4.78, 5) is 0. The number of benzene rings is 2. The molecule has 0 saturated carbocycles. The molecule has 2 rings (SSSR count). The fourth-order valence-corrected chi connectivity index (χ4v) is 2.74. The number of para-hydroxylation sites is 1.